The zero-order valence-corrected chi connectivity index (χ0v) is 29.5. The molecule has 6 N–H and O–H groups in total. The van der Waals surface area contributed by atoms with Crippen molar-refractivity contribution in [2.45, 2.75) is 44.2 Å². The first-order chi connectivity index (χ1) is 26.5. The largest absolute Gasteiger partial charge is 0.395 e. The van der Waals surface area contributed by atoms with Gasteiger partial charge in [0, 0.05) is 66.2 Å². The van der Waals surface area contributed by atoms with Crippen LogP contribution >= 0.6 is 0 Å². The summed E-state index contributed by atoms with van der Waals surface area (Å²) >= 11 is 0. The summed E-state index contributed by atoms with van der Waals surface area (Å²) in [5, 5.41) is 18.4. The van der Waals surface area contributed by atoms with Crippen LogP contribution in [0.15, 0.2) is 110 Å². The first kappa shape index (κ1) is 34.5. The van der Waals surface area contributed by atoms with Crippen molar-refractivity contribution < 1.29 is 14.7 Å². The van der Waals surface area contributed by atoms with Crippen LogP contribution in [0.3, 0.4) is 0 Å². The maximum Gasteiger partial charge on any atom is 0.251 e. The molecule has 0 atom stereocenters. The van der Waals surface area contributed by atoms with Gasteiger partial charge in [-0.05, 0) is 67.0 Å². The van der Waals surface area contributed by atoms with Crippen LogP contribution in [-0.4, -0.2) is 64.9 Å². The second-order valence-corrected chi connectivity index (χ2v) is 13.5. The van der Waals surface area contributed by atoms with Gasteiger partial charge in [-0.25, -0.2) is 19.9 Å². The number of anilines is 2. The van der Waals surface area contributed by atoms with E-state index in [1.165, 1.54) is 5.56 Å². The molecule has 0 spiro atoms. The van der Waals surface area contributed by atoms with Gasteiger partial charge in [-0.2, -0.15) is 0 Å². The number of benzene rings is 3. The van der Waals surface area contributed by atoms with Gasteiger partial charge in [0.05, 0.1) is 30.4 Å². The number of carbonyl (C=O) groups is 2. The van der Waals surface area contributed by atoms with Gasteiger partial charge in [-0.3, -0.25) is 18.4 Å². The fraction of sp³-hybridized carbons (Fsp3) is 0.220. The number of aliphatic hydroxyl groups is 1. The van der Waals surface area contributed by atoms with E-state index < -0.39 is 0 Å². The number of nitrogens with one attached hydrogen (secondary N) is 3. The average Bonchev–Trinajstić information content (AvgIpc) is 4.14. The number of amides is 2. The number of nitrogens with zero attached hydrogens (tertiary/aromatic N) is 6. The molecule has 0 aliphatic heterocycles. The molecule has 54 heavy (non-hydrogen) atoms. The molecule has 4 heterocycles. The minimum Gasteiger partial charge on any atom is -0.395 e. The molecule has 0 bridgehead atoms. The molecular formula is C41H40N10O3. The summed E-state index contributed by atoms with van der Waals surface area (Å²) in [7, 11) is 0. The lowest BCUT2D eigenvalue weighted by molar-refractivity contribution is 0.0949. The van der Waals surface area contributed by atoms with Crippen LogP contribution in [-0.2, 0) is 6.54 Å². The topological polar surface area (TPSA) is 177 Å². The van der Waals surface area contributed by atoms with Gasteiger partial charge < -0.3 is 26.8 Å². The second kappa shape index (κ2) is 15.2. The molecule has 0 saturated heterocycles. The van der Waals surface area contributed by atoms with Crippen molar-refractivity contribution in [1.29, 1.82) is 0 Å². The predicted octanol–water partition coefficient (Wildman–Crippen LogP) is 5.68. The van der Waals surface area contributed by atoms with E-state index in [1.807, 2.05) is 82.0 Å². The number of fused-ring (bicyclic) bond motifs is 2. The Hall–Kier alpha value is -6.60. The Morgan fingerprint density at radius 3 is 2.00 bits per heavy atom. The standard InChI is InChI=1S/C23H21N5O.C18H19N5O2/c29-23(27-19-10-11-19)18-8-6-17(7-9-18)20-15-26-22-21(24-12-13-28(20)22)25-14-16-4-2-1-3-5-16;19-16(25)13-4-3-12(9-14(13)11-1-2-11)15-10-22-18-17(21-6-8-24)20-5-7-23(15)18/h1-9,12-13,15,19H,10-11,14H2,(H,24,25)(H,27,29);3-5,7,9-11,24H,1-2,6,8H2,(H2,19,25)(H,20,21). The Labute approximate surface area is 311 Å². The summed E-state index contributed by atoms with van der Waals surface area (Å²) in [4.78, 5) is 41.6. The van der Waals surface area contributed by atoms with Gasteiger partial charge in [-0.15, -0.1) is 0 Å². The molecule has 0 radical (unpaired) electrons. The summed E-state index contributed by atoms with van der Waals surface area (Å²) in [6.45, 7) is 1.12. The predicted molar refractivity (Wildman–Crippen MR) is 207 cm³/mol. The maximum absolute atomic E-state index is 12.2. The van der Waals surface area contributed by atoms with Crippen molar-refractivity contribution in [3.05, 3.63) is 132 Å². The number of aliphatic hydroxyl groups excluding tert-OH is 1. The summed E-state index contributed by atoms with van der Waals surface area (Å²) in [5.41, 5.74) is 14.3. The Morgan fingerprint density at radius 1 is 0.759 bits per heavy atom. The van der Waals surface area contributed by atoms with Gasteiger partial charge >= 0.3 is 0 Å². The Balaban J connectivity index is 0.000000155. The molecule has 0 unspecified atom stereocenters. The van der Waals surface area contributed by atoms with Crippen LogP contribution in [0.4, 0.5) is 11.6 Å². The van der Waals surface area contributed by atoms with Gasteiger partial charge in [0.2, 0.25) is 5.91 Å². The monoisotopic (exact) mass is 720 g/mol. The number of imidazole rings is 2. The van der Waals surface area contributed by atoms with Crippen LogP contribution in [0.1, 0.15) is 63.4 Å². The molecule has 3 aromatic carbocycles. The summed E-state index contributed by atoms with van der Waals surface area (Å²) < 4.78 is 3.96. The van der Waals surface area contributed by atoms with E-state index in [0.29, 0.717) is 47.6 Å². The van der Waals surface area contributed by atoms with Crippen LogP contribution in [0.5, 0.6) is 0 Å². The van der Waals surface area contributed by atoms with Gasteiger partial charge in [0.25, 0.3) is 5.91 Å². The normalized spacial score (nSPS) is 13.6. The van der Waals surface area contributed by atoms with Gasteiger partial charge in [-0.1, -0.05) is 48.5 Å². The molecule has 2 fully saturated rings. The molecule has 13 nitrogen and oxygen atoms in total. The molecule has 2 saturated carbocycles. The first-order valence-electron chi connectivity index (χ1n) is 18.1. The van der Waals surface area contributed by atoms with Crippen molar-refractivity contribution in [2.75, 3.05) is 23.8 Å². The van der Waals surface area contributed by atoms with Crippen LogP contribution in [0, 0.1) is 0 Å². The smallest absolute Gasteiger partial charge is 0.251 e. The molecule has 4 aromatic heterocycles. The lowest BCUT2D eigenvalue weighted by atomic mass is 9.98. The highest BCUT2D eigenvalue weighted by atomic mass is 16.3. The van der Waals surface area contributed by atoms with Crippen molar-refractivity contribution >= 4 is 34.7 Å². The number of hydrogen-bond donors (Lipinski definition) is 5. The highest BCUT2D eigenvalue weighted by molar-refractivity contribution is 5.96. The van der Waals surface area contributed by atoms with E-state index in [2.05, 4.69) is 48.0 Å². The van der Waals surface area contributed by atoms with E-state index in [4.69, 9.17) is 10.8 Å². The lowest BCUT2D eigenvalue weighted by Gasteiger charge is -2.10. The Kier molecular flexibility index (Phi) is 9.69. The highest BCUT2D eigenvalue weighted by Gasteiger charge is 2.28. The minimum absolute atomic E-state index is 0.00575. The SMILES string of the molecule is NC(=O)c1ccc(-c2cnc3c(NCCO)nccn23)cc1C1CC1.O=C(NC1CC1)c1ccc(-c2cnc3c(NCc4ccccc4)nccn23)cc1. The maximum atomic E-state index is 12.2. The Bertz CT molecular complexity index is 2430. The molecule has 7 aromatic rings. The third-order valence-electron chi connectivity index (χ3n) is 9.55. The fourth-order valence-electron chi connectivity index (χ4n) is 6.44. The third-order valence-corrected chi connectivity index (χ3v) is 9.55. The quantitative estimate of drug-likeness (QED) is 0.106. The first-order valence-corrected chi connectivity index (χ1v) is 18.1. The molecular weight excluding hydrogens is 681 g/mol. The minimum atomic E-state index is -0.383. The van der Waals surface area contributed by atoms with Crippen molar-refractivity contribution in [2.24, 2.45) is 5.73 Å². The fourth-order valence-corrected chi connectivity index (χ4v) is 6.44. The molecule has 2 amide bonds. The number of aromatic nitrogens is 6. The summed E-state index contributed by atoms with van der Waals surface area (Å²) in [6.07, 6.45) is 15.2. The third kappa shape index (κ3) is 7.48. The summed E-state index contributed by atoms with van der Waals surface area (Å²) in [5.74, 6) is 1.40. The van der Waals surface area contributed by atoms with E-state index >= 15 is 0 Å². The van der Waals surface area contributed by atoms with E-state index in [0.717, 1.165) is 65.2 Å². The molecule has 9 rings (SSSR count). The van der Waals surface area contributed by atoms with Gasteiger partial charge in [0.1, 0.15) is 0 Å². The number of rotatable bonds is 12. The number of nitrogens with two attached hydrogens (primary N) is 1. The zero-order valence-electron chi connectivity index (χ0n) is 29.5. The van der Waals surface area contributed by atoms with Gasteiger partial charge in [0.15, 0.2) is 22.9 Å². The second-order valence-electron chi connectivity index (χ2n) is 13.5. The molecule has 2 aliphatic rings. The number of primary amides is 1. The number of hydrogen-bond acceptors (Lipinski definition) is 9. The van der Waals surface area contributed by atoms with E-state index in [9.17, 15) is 9.59 Å². The molecule has 13 heteroatoms. The Morgan fingerprint density at radius 2 is 1.39 bits per heavy atom. The lowest BCUT2D eigenvalue weighted by Crippen LogP contribution is -2.25. The average molecular weight is 721 g/mol. The molecule has 2 aliphatic carbocycles. The van der Waals surface area contributed by atoms with Crippen LogP contribution < -0.4 is 21.7 Å². The summed E-state index contributed by atoms with van der Waals surface area (Å²) in [6, 6.07) is 23.9. The zero-order chi connectivity index (χ0) is 37.0. The van der Waals surface area contributed by atoms with Crippen molar-refractivity contribution in [3.63, 3.8) is 0 Å². The highest BCUT2D eigenvalue weighted by Crippen LogP contribution is 2.43. The van der Waals surface area contributed by atoms with Crippen LogP contribution in [0.25, 0.3) is 33.8 Å². The van der Waals surface area contributed by atoms with Crippen molar-refractivity contribution in [3.8, 4) is 22.5 Å². The van der Waals surface area contributed by atoms with E-state index in [1.54, 1.807) is 24.7 Å². The van der Waals surface area contributed by atoms with E-state index in [-0.39, 0.29) is 18.4 Å². The molecule has 272 valence electrons. The number of carbonyl (C=O) groups excluding carboxylic acids is 2. The van der Waals surface area contributed by atoms with Crippen LogP contribution in [0.2, 0.25) is 0 Å². The van der Waals surface area contributed by atoms with Crippen molar-refractivity contribution in [1.82, 2.24) is 34.1 Å².